The van der Waals surface area contributed by atoms with Gasteiger partial charge in [-0.2, -0.15) is 0 Å². The van der Waals surface area contributed by atoms with E-state index in [9.17, 15) is 17.6 Å². The molecule has 1 heterocycles. The molecule has 1 amide bonds. The highest BCUT2D eigenvalue weighted by Gasteiger charge is 2.27. The van der Waals surface area contributed by atoms with Gasteiger partial charge in [0.05, 0.1) is 10.5 Å². The summed E-state index contributed by atoms with van der Waals surface area (Å²) < 4.78 is 40.9. The molecule has 1 aliphatic heterocycles. The topological polar surface area (TPSA) is 69.7 Å². The SMILES string of the molecule is CC(C)N(C)C(=O)c1ccccc1N1CCC(NS(=O)(=O)c2ccc(F)cc2)CC1. The predicted molar refractivity (Wildman–Crippen MR) is 116 cm³/mol. The number of nitrogens with one attached hydrogen (secondary N) is 1. The van der Waals surface area contributed by atoms with E-state index in [2.05, 4.69) is 9.62 Å². The minimum absolute atomic E-state index is 0.0280. The van der Waals surface area contributed by atoms with E-state index in [4.69, 9.17) is 0 Å². The van der Waals surface area contributed by atoms with Crippen LogP contribution < -0.4 is 9.62 Å². The highest BCUT2D eigenvalue weighted by Crippen LogP contribution is 2.26. The lowest BCUT2D eigenvalue weighted by Gasteiger charge is -2.35. The number of nitrogens with zero attached hydrogens (tertiary/aromatic N) is 2. The van der Waals surface area contributed by atoms with Crippen LogP contribution in [-0.2, 0) is 10.0 Å². The van der Waals surface area contributed by atoms with Crippen LogP contribution in [0.1, 0.15) is 37.0 Å². The second-order valence-electron chi connectivity index (χ2n) is 7.86. The van der Waals surface area contributed by atoms with Crippen LogP contribution >= 0.6 is 0 Å². The highest BCUT2D eigenvalue weighted by atomic mass is 32.2. The molecule has 0 atom stereocenters. The van der Waals surface area contributed by atoms with Crippen LogP contribution in [0.3, 0.4) is 0 Å². The molecular weight excluding hydrogens is 405 g/mol. The van der Waals surface area contributed by atoms with E-state index in [0.29, 0.717) is 31.5 Å². The number of rotatable bonds is 6. The van der Waals surface area contributed by atoms with Crippen molar-refractivity contribution in [3.8, 4) is 0 Å². The number of hydrogen-bond acceptors (Lipinski definition) is 4. The molecule has 1 N–H and O–H groups in total. The molecule has 2 aromatic carbocycles. The summed E-state index contributed by atoms with van der Waals surface area (Å²) in [6, 6.07) is 12.2. The van der Waals surface area contributed by atoms with Gasteiger partial charge in [-0.1, -0.05) is 12.1 Å². The summed E-state index contributed by atoms with van der Waals surface area (Å²) in [5.41, 5.74) is 1.52. The molecule has 0 aromatic heterocycles. The van der Waals surface area contributed by atoms with Crippen molar-refractivity contribution in [3.05, 3.63) is 59.9 Å². The number of amides is 1. The Bertz CT molecular complexity index is 985. The molecule has 1 aliphatic rings. The van der Waals surface area contributed by atoms with E-state index in [1.165, 1.54) is 12.1 Å². The zero-order valence-corrected chi connectivity index (χ0v) is 18.3. The number of hydrogen-bond donors (Lipinski definition) is 1. The lowest BCUT2D eigenvalue weighted by atomic mass is 10.0. The second kappa shape index (κ2) is 9.14. The molecule has 0 spiro atoms. The minimum atomic E-state index is -3.70. The van der Waals surface area contributed by atoms with Crippen molar-refractivity contribution >= 4 is 21.6 Å². The fraction of sp³-hybridized carbons (Fsp3) is 0.409. The summed E-state index contributed by atoms with van der Waals surface area (Å²) in [5.74, 6) is -0.502. The van der Waals surface area contributed by atoms with Gasteiger partial charge in [0.2, 0.25) is 10.0 Å². The summed E-state index contributed by atoms with van der Waals surface area (Å²) in [6.45, 7) is 5.21. The lowest BCUT2D eigenvalue weighted by Crippen LogP contribution is -2.45. The third-order valence-corrected chi connectivity index (χ3v) is 7.05. The molecule has 0 aliphatic carbocycles. The van der Waals surface area contributed by atoms with E-state index in [-0.39, 0.29) is 22.9 Å². The summed E-state index contributed by atoms with van der Waals surface area (Å²) in [4.78, 5) is 16.8. The van der Waals surface area contributed by atoms with Crippen LogP contribution in [0.2, 0.25) is 0 Å². The molecule has 0 bridgehead atoms. The van der Waals surface area contributed by atoms with Gasteiger partial charge in [-0.05, 0) is 63.1 Å². The monoisotopic (exact) mass is 433 g/mol. The van der Waals surface area contributed by atoms with Crippen LogP contribution in [0.15, 0.2) is 53.4 Å². The van der Waals surface area contributed by atoms with E-state index >= 15 is 0 Å². The van der Waals surface area contributed by atoms with Gasteiger partial charge >= 0.3 is 0 Å². The Labute approximate surface area is 177 Å². The largest absolute Gasteiger partial charge is 0.371 e. The maximum atomic E-state index is 13.1. The van der Waals surface area contributed by atoms with Gasteiger partial charge < -0.3 is 9.80 Å². The molecule has 0 radical (unpaired) electrons. The molecule has 2 aromatic rings. The zero-order valence-electron chi connectivity index (χ0n) is 17.5. The fourth-order valence-corrected chi connectivity index (χ4v) is 4.80. The molecule has 0 saturated carbocycles. The van der Waals surface area contributed by atoms with Crippen molar-refractivity contribution < 1.29 is 17.6 Å². The molecule has 8 heteroatoms. The molecule has 162 valence electrons. The number of anilines is 1. The van der Waals surface area contributed by atoms with Gasteiger partial charge in [-0.15, -0.1) is 0 Å². The van der Waals surface area contributed by atoms with Gasteiger partial charge in [0, 0.05) is 37.9 Å². The van der Waals surface area contributed by atoms with Crippen LogP contribution in [0.25, 0.3) is 0 Å². The van der Waals surface area contributed by atoms with Crippen molar-refractivity contribution in [2.45, 2.75) is 43.7 Å². The Morgan fingerprint density at radius 2 is 1.70 bits per heavy atom. The number of benzene rings is 2. The first-order valence-electron chi connectivity index (χ1n) is 10.1. The predicted octanol–water partition coefficient (Wildman–Crippen LogP) is 3.25. The number of carbonyl (C=O) groups is 1. The molecule has 1 fully saturated rings. The zero-order chi connectivity index (χ0) is 21.9. The Kier molecular flexibility index (Phi) is 6.77. The van der Waals surface area contributed by atoms with E-state index in [0.717, 1.165) is 17.8 Å². The van der Waals surface area contributed by atoms with Crippen molar-refractivity contribution in [1.29, 1.82) is 0 Å². The van der Waals surface area contributed by atoms with Crippen molar-refractivity contribution in [3.63, 3.8) is 0 Å². The molecule has 1 saturated heterocycles. The quantitative estimate of drug-likeness (QED) is 0.759. The Balaban J connectivity index is 1.68. The average Bonchev–Trinajstić information content (AvgIpc) is 2.73. The summed E-state index contributed by atoms with van der Waals surface area (Å²) in [7, 11) is -1.91. The van der Waals surface area contributed by atoms with Crippen molar-refractivity contribution in [1.82, 2.24) is 9.62 Å². The van der Waals surface area contributed by atoms with Gasteiger partial charge in [0.25, 0.3) is 5.91 Å². The van der Waals surface area contributed by atoms with Gasteiger partial charge in [-0.3, -0.25) is 4.79 Å². The third kappa shape index (κ3) is 4.99. The lowest BCUT2D eigenvalue weighted by molar-refractivity contribution is 0.0755. The van der Waals surface area contributed by atoms with Crippen LogP contribution in [-0.4, -0.2) is 51.4 Å². The number of piperidine rings is 1. The Hall–Kier alpha value is -2.45. The Morgan fingerprint density at radius 3 is 2.30 bits per heavy atom. The third-order valence-electron chi connectivity index (χ3n) is 5.51. The fourth-order valence-electron chi connectivity index (χ4n) is 3.49. The van der Waals surface area contributed by atoms with Crippen molar-refractivity contribution in [2.24, 2.45) is 0 Å². The van der Waals surface area contributed by atoms with Crippen LogP contribution in [0.4, 0.5) is 10.1 Å². The highest BCUT2D eigenvalue weighted by molar-refractivity contribution is 7.89. The maximum Gasteiger partial charge on any atom is 0.255 e. The van der Waals surface area contributed by atoms with E-state index in [1.54, 1.807) is 11.9 Å². The van der Waals surface area contributed by atoms with Gasteiger partial charge in [0.15, 0.2) is 0 Å². The summed E-state index contributed by atoms with van der Waals surface area (Å²) in [6.07, 6.45) is 1.23. The normalized spacial score (nSPS) is 15.4. The van der Waals surface area contributed by atoms with Gasteiger partial charge in [-0.25, -0.2) is 17.5 Å². The maximum absolute atomic E-state index is 13.1. The summed E-state index contributed by atoms with van der Waals surface area (Å²) in [5, 5.41) is 0. The first kappa shape index (κ1) is 22.2. The number of sulfonamides is 1. The standard InChI is InChI=1S/C22H28FN3O3S/c1-16(2)25(3)22(27)20-6-4-5-7-21(20)26-14-12-18(13-15-26)24-30(28,29)19-10-8-17(23)9-11-19/h4-11,16,18,24H,12-15H2,1-3H3. The molecule has 30 heavy (non-hydrogen) atoms. The average molecular weight is 434 g/mol. The molecule has 0 unspecified atom stereocenters. The first-order chi connectivity index (χ1) is 14.2. The first-order valence-corrected chi connectivity index (χ1v) is 11.6. The molecule has 6 nitrogen and oxygen atoms in total. The summed E-state index contributed by atoms with van der Waals surface area (Å²) >= 11 is 0. The second-order valence-corrected chi connectivity index (χ2v) is 9.58. The van der Waals surface area contributed by atoms with Crippen molar-refractivity contribution in [2.75, 3.05) is 25.0 Å². The van der Waals surface area contributed by atoms with Crippen LogP contribution in [0, 0.1) is 5.82 Å². The minimum Gasteiger partial charge on any atom is -0.371 e. The van der Waals surface area contributed by atoms with Crippen LogP contribution in [0.5, 0.6) is 0 Å². The number of carbonyl (C=O) groups excluding carboxylic acids is 1. The van der Waals surface area contributed by atoms with E-state index in [1.807, 2.05) is 38.1 Å². The number of halogens is 1. The smallest absolute Gasteiger partial charge is 0.255 e. The molecule has 3 rings (SSSR count). The molecular formula is C22H28FN3O3S. The van der Waals surface area contributed by atoms with E-state index < -0.39 is 15.8 Å². The van der Waals surface area contributed by atoms with Gasteiger partial charge in [0.1, 0.15) is 5.82 Å². The Morgan fingerprint density at radius 1 is 1.10 bits per heavy atom. The number of para-hydroxylation sites is 1.